The predicted molar refractivity (Wildman–Crippen MR) is 119 cm³/mol. The van der Waals surface area contributed by atoms with E-state index in [-0.39, 0.29) is 5.91 Å². The Hall–Kier alpha value is -3.30. The molecule has 0 aliphatic heterocycles. The standard InChI is InChI=1S/C25H21ClN2O/c1-18-21(25(29)27-17-19-10-4-2-5-11-19)16-24(20-12-6-3-7-13-20)28(18)23-15-9-8-14-22(23)26/h2-16H,17H2,1H3,(H,27,29). The maximum Gasteiger partial charge on any atom is 0.253 e. The highest BCUT2D eigenvalue weighted by molar-refractivity contribution is 6.32. The molecular formula is C25H21ClN2O. The summed E-state index contributed by atoms with van der Waals surface area (Å²) in [6.45, 7) is 2.43. The first kappa shape index (κ1) is 19.0. The molecule has 4 aromatic rings. The molecule has 3 nitrogen and oxygen atoms in total. The molecule has 0 saturated heterocycles. The second kappa shape index (κ2) is 8.38. The lowest BCUT2D eigenvalue weighted by Gasteiger charge is -2.14. The van der Waals surface area contributed by atoms with Crippen LogP contribution in [0.1, 0.15) is 21.6 Å². The summed E-state index contributed by atoms with van der Waals surface area (Å²) in [7, 11) is 0. The number of carbonyl (C=O) groups is 1. The van der Waals surface area contributed by atoms with Gasteiger partial charge in [0.25, 0.3) is 5.91 Å². The van der Waals surface area contributed by atoms with Crippen LogP contribution in [0.4, 0.5) is 0 Å². The third-order valence-corrected chi connectivity index (χ3v) is 5.27. The van der Waals surface area contributed by atoms with E-state index in [1.165, 1.54) is 0 Å². The predicted octanol–water partition coefficient (Wildman–Crippen LogP) is 6.04. The minimum Gasteiger partial charge on any atom is -0.348 e. The zero-order valence-corrected chi connectivity index (χ0v) is 16.9. The quantitative estimate of drug-likeness (QED) is 0.435. The second-order valence-corrected chi connectivity index (χ2v) is 7.26. The Morgan fingerprint density at radius 1 is 0.897 bits per heavy atom. The molecular weight excluding hydrogens is 380 g/mol. The lowest BCUT2D eigenvalue weighted by molar-refractivity contribution is 0.0950. The summed E-state index contributed by atoms with van der Waals surface area (Å²) in [5.41, 5.74) is 5.36. The Balaban J connectivity index is 1.76. The second-order valence-electron chi connectivity index (χ2n) is 6.85. The van der Waals surface area contributed by atoms with Crippen molar-refractivity contribution in [2.24, 2.45) is 0 Å². The SMILES string of the molecule is Cc1c(C(=O)NCc2ccccc2)cc(-c2ccccc2)n1-c1ccccc1Cl. The fourth-order valence-corrected chi connectivity index (χ4v) is 3.70. The van der Waals surface area contributed by atoms with Gasteiger partial charge >= 0.3 is 0 Å². The number of benzene rings is 3. The molecule has 1 heterocycles. The van der Waals surface area contributed by atoms with Gasteiger partial charge in [-0.15, -0.1) is 0 Å². The number of para-hydroxylation sites is 1. The highest BCUT2D eigenvalue weighted by atomic mass is 35.5. The smallest absolute Gasteiger partial charge is 0.253 e. The summed E-state index contributed by atoms with van der Waals surface area (Å²) in [5.74, 6) is -0.102. The zero-order valence-electron chi connectivity index (χ0n) is 16.1. The molecule has 0 saturated carbocycles. The van der Waals surface area contributed by atoms with E-state index >= 15 is 0 Å². The van der Waals surface area contributed by atoms with Crippen LogP contribution in [0.5, 0.6) is 0 Å². The molecule has 0 unspecified atom stereocenters. The number of aromatic nitrogens is 1. The maximum atomic E-state index is 13.0. The van der Waals surface area contributed by atoms with Crippen LogP contribution in [0.15, 0.2) is 91.0 Å². The van der Waals surface area contributed by atoms with E-state index < -0.39 is 0 Å². The molecule has 0 bridgehead atoms. The summed E-state index contributed by atoms with van der Waals surface area (Å²) in [6.07, 6.45) is 0. The van der Waals surface area contributed by atoms with Crippen molar-refractivity contribution in [3.63, 3.8) is 0 Å². The van der Waals surface area contributed by atoms with Crippen molar-refractivity contribution >= 4 is 17.5 Å². The van der Waals surface area contributed by atoms with Gasteiger partial charge in [0.05, 0.1) is 22.0 Å². The summed E-state index contributed by atoms with van der Waals surface area (Å²) >= 11 is 6.50. The van der Waals surface area contributed by atoms with Crippen molar-refractivity contribution in [3.8, 4) is 16.9 Å². The number of amides is 1. The molecule has 0 fully saturated rings. The largest absolute Gasteiger partial charge is 0.348 e. The van der Waals surface area contributed by atoms with Gasteiger partial charge in [0.15, 0.2) is 0 Å². The van der Waals surface area contributed by atoms with Gasteiger partial charge in [0.2, 0.25) is 0 Å². The minimum absolute atomic E-state index is 0.102. The molecule has 3 aromatic carbocycles. The Bertz CT molecular complexity index is 1130. The van der Waals surface area contributed by atoms with Crippen LogP contribution in [0.3, 0.4) is 0 Å². The molecule has 0 radical (unpaired) electrons. The molecule has 1 aromatic heterocycles. The molecule has 0 spiro atoms. The number of hydrogen-bond donors (Lipinski definition) is 1. The summed E-state index contributed by atoms with van der Waals surface area (Å²) in [4.78, 5) is 13.0. The van der Waals surface area contributed by atoms with E-state index in [9.17, 15) is 4.79 Å². The monoisotopic (exact) mass is 400 g/mol. The van der Waals surface area contributed by atoms with Gasteiger partial charge in [-0.1, -0.05) is 84.4 Å². The van der Waals surface area contributed by atoms with Gasteiger partial charge < -0.3 is 9.88 Å². The molecule has 4 heteroatoms. The Labute approximate surface area is 175 Å². The highest BCUT2D eigenvalue weighted by Crippen LogP contribution is 2.32. The third kappa shape index (κ3) is 3.96. The van der Waals surface area contributed by atoms with E-state index in [0.717, 1.165) is 28.2 Å². The lowest BCUT2D eigenvalue weighted by Crippen LogP contribution is -2.23. The molecule has 4 rings (SSSR count). The average Bonchev–Trinajstić information content (AvgIpc) is 3.11. The number of nitrogens with one attached hydrogen (secondary N) is 1. The van der Waals surface area contributed by atoms with Crippen molar-refractivity contribution in [1.82, 2.24) is 9.88 Å². The maximum absolute atomic E-state index is 13.0. The first-order valence-electron chi connectivity index (χ1n) is 9.50. The Morgan fingerprint density at radius 2 is 1.52 bits per heavy atom. The van der Waals surface area contributed by atoms with Crippen molar-refractivity contribution in [2.75, 3.05) is 0 Å². The van der Waals surface area contributed by atoms with Crippen molar-refractivity contribution in [3.05, 3.63) is 113 Å². The Morgan fingerprint density at radius 3 is 2.21 bits per heavy atom. The van der Waals surface area contributed by atoms with Crippen LogP contribution in [0, 0.1) is 6.92 Å². The summed E-state index contributed by atoms with van der Waals surface area (Å²) in [6, 6.07) is 29.5. The average molecular weight is 401 g/mol. The number of hydrogen-bond acceptors (Lipinski definition) is 1. The first-order chi connectivity index (χ1) is 14.1. The third-order valence-electron chi connectivity index (χ3n) is 4.95. The highest BCUT2D eigenvalue weighted by Gasteiger charge is 2.20. The topological polar surface area (TPSA) is 34.0 Å². The van der Waals surface area contributed by atoms with Crippen LogP contribution in [0.25, 0.3) is 16.9 Å². The van der Waals surface area contributed by atoms with Gasteiger partial charge in [-0.2, -0.15) is 0 Å². The molecule has 1 amide bonds. The number of nitrogens with zero attached hydrogens (tertiary/aromatic N) is 1. The van der Waals surface area contributed by atoms with E-state index in [1.807, 2.05) is 97.9 Å². The van der Waals surface area contributed by atoms with Crippen LogP contribution in [-0.2, 0) is 6.54 Å². The lowest BCUT2D eigenvalue weighted by atomic mass is 10.1. The van der Waals surface area contributed by atoms with Crippen molar-refractivity contribution in [2.45, 2.75) is 13.5 Å². The van der Waals surface area contributed by atoms with Gasteiger partial charge in [-0.25, -0.2) is 0 Å². The molecule has 0 aliphatic carbocycles. The minimum atomic E-state index is -0.102. The molecule has 1 N–H and O–H groups in total. The number of halogens is 1. The van der Waals surface area contributed by atoms with E-state index in [0.29, 0.717) is 17.1 Å². The van der Waals surface area contributed by atoms with Gasteiger partial charge in [0, 0.05) is 12.2 Å². The van der Waals surface area contributed by atoms with Crippen LogP contribution in [-0.4, -0.2) is 10.5 Å². The fourth-order valence-electron chi connectivity index (χ4n) is 3.47. The van der Waals surface area contributed by atoms with Gasteiger partial charge in [-0.3, -0.25) is 4.79 Å². The molecule has 0 aliphatic rings. The van der Waals surface area contributed by atoms with Crippen LogP contribution >= 0.6 is 11.6 Å². The Kier molecular flexibility index (Phi) is 5.50. The van der Waals surface area contributed by atoms with E-state index in [4.69, 9.17) is 11.6 Å². The van der Waals surface area contributed by atoms with E-state index in [2.05, 4.69) is 9.88 Å². The fraction of sp³-hybridized carbons (Fsp3) is 0.0800. The molecule has 0 atom stereocenters. The molecule has 144 valence electrons. The zero-order chi connectivity index (χ0) is 20.2. The van der Waals surface area contributed by atoms with Crippen LogP contribution in [0.2, 0.25) is 5.02 Å². The molecule has 29 heavy (non-hydrogen) atoms. The van der Waals surface area contributed by atoms with Crippen molar-refractivity contribution < 1.29 is 4.79 Å². The van der Waals surface area contributed by atoms with Gasteiger partial charge in [-0.05, 0) is 36.2 Å². The first-order valence-corrected chi connectivity index (χ1v) is 9.88. The normalized spacial score (nSPS) is 10.7. The van der Waals surface area contributed by atoms with Crippen molar-refractivity contribution in [1.29, 1.82) is 0 Å². The van der Waals surface area contributed by atoms with Crippen LogP contribution < -0.4 is 5.32 Å². The van der Waals surface area contributed by atoms with E-state index in [1.54, 1.807) is 0 Å². The summed E-state index contributed by atoms with van der Waals surface area (Å²) < 4.78 is 2.05. The summed E-state index contributed by atoms with van der Waals surface area (Å²) in [5, 5.41) is 3.67. The number of carbonyl (C=O) groups excluding carboxylic acids is 1. The van der Waals surface area contributed by atoms with Gasteiger partial charge in [0.1, 0.15) is 0 Å². The number of rotatable bonds is 5.